The molecular formula is C14H31NS. The van der Waals surface area contributed by atoms with Crippen molar-refractivity contribution in [2.75, 3.05) is 18.6 Å². The molecule has 0 spiro atoms. The molecule has 0 aromatic rings. The minimum atomic E-state index is 0.772. The first-order valence-electron chi connectivity index (χ1n) is 7.07. The number of hydrogen-bond donors (Lipinski definition) is 1. The summed E-state index contributed by atoms with van der Waals surface area (Å²) in [5.41, 5.74) is 0. The van der Waals surface area contributed by atoms with Crippen molar-refractivity contribution in [3.05, 3.63) is 0 Å². The second kappa shape index (κ2) is 13.4. The van der Waals surface area contributed by atoms with Gasteiger partial charge in [0.2, 0.25) is 0 Å². The monoisotopic (exact) mass is 245 g/mol. The molecule has 0 heterocycles. The third-order valence-corrected chi connectivity index (χ3v) is 3.65. The molecular weight excluding hydrogens is 214 g/mol. The number of rotatable bonds is 12. The van der Waals surface area contributed by atoms with E-state index in [2.05, 4.69) is 25.4 Å². The zero-order valence-electron chi connectivity index (χ0n) is 11.6. The van der Waals surface area contributed by atoms with Crippen LogP contribution in [-0.4, -0.2) is 24.6 Å². The Bertz CT molecular complexity index is 120. The topological polar surface area (TPSA) is 12.0 Å². The first kappa shape index (κ1) is 16.3. The summed E-state index contributed by atoms with van der Waals surface area (Å²) in [4.78, 5) is 0. The van der Waals surface area contributed by atoms with Crippen LogP contribution in [0.4, 0.5) is 0 Å². The summed E-state index contributed by atoms with van der Waals surface area (Å²) >= 11 is 1.97. The van der Waals surface area contributed by atoms with Gasteiger partial charge in [0.1, 0.15) is 0 Å². The second-order valence-corrected chi connectivity index (χ2v) is 5.62. The van der Waals surface area contributed by atoms with Crippen LogP contribution in [0.3, 0.4) is 0 Å². The number of nitrogens with one attached hydrogen (secondary N) is 1. The van der Waals surface area contributed by atoms with Gasteiger partial charge in [0.25, 0.3) is 0 Å². The molecule has 0 rings (SSSR count). The summed E-state index contributed by atoms with van der Waals surface area (Å²) in [6, 6.07) is 0.772. The lowest BCUT2D eigenvalue weighted by Gasteiger charge is -2.17. The third kappa shape index (κ3) is 10.8. The molecule has 0 aliphatic carbocycles. The zero-order valence-corrected chi connectivity index (χ0v) is 12.4. The minimum absolute atomic E-state index is 0.772. The lowest BCUT2D eigenvalue weighted by Crippen LogP contribution is -2.30. The quantitative estimate of drug-likeness (QED) is 0.509. The molecule has 1 N–H and O–H groups in total. The Morgan fingerprint density at radius 1 is 0.938 bits per heavy atom. The predicted octanol–water partition coefficient (Wildman–Crippen LogP) is 4.47. The molecule has 0 radical (unpaired) electrons. The fourth-order valence-corrected chi connectivity index (χ4v) is 2.47. The van der Waals surface area contributed by atoms with E-state index in [0.717, 1.165) is 6.04 Å². The van der Waals surface area contributed by atoms with Gasteiger partial charge in [-0.25, -0.2) is 0 Å². The summed E-state index contributed by atoms with van der Waals surface area (Å²) < 4.78 is 0. The van der Waals surface area contributed by atoms with Gasteiger partial charge in [0.05, 0.1) is 0 Å². The molecule has 0 saturated heterocycles. The lowest BCUT2D eigenvalue weighted by molar-refractivity contribution is 0.446. The fourth-order valence-electron chi connectivity index (χ4n) is 1.95. The Hall–Kier alpha value is 0.310. The van der Waals surface area contributed by atoms with Gasteiger partial charge in [-0.05, 0) is 37.8 Å². The first-order valence-corrected chi connectivity index (χ1v) is 8.46. The molecule has 0 bridgehead atoms. The molecule has 0 amide bonds. The van der Waals surface area contributed by atoms with Gasteiger partial charge in [-0.2, -0.15) is 11.8 Å². The predicted molar refractivity (Wildman–Crippen MR) is 78.5 cm³/mol. The third-order valence-electron chi connectivity index (χ3n) is 3.01. The number of thioether (sulfide) groups is 1. The van der Waals surface area contributed by atoms with Crippen molar-refractivity contribution < 1.29 is 0 Å². The van der Waals surface area contributed by atoms with E-state index in [0.29, 0.717) is 0 Å². The van der Waals surface area contributed by atoms with Crippen LogP contribution >= 0.6 is 11.8 Å². The molecule has 0 saturated carbocycles. The van der Waals surface area contributed by atoms with E-state index in [9.17, 15) is 0 Å². The highest BCUT2D eigenvalue weighted by atomic mass is 32.2. The maximum atomic E-state index is 3.68. The van der Waals surface area contributed by atoms with Gasteiger partial charge in [-0.3, -0.25) is 0 Å². The van der Waals surface area contributed by atoms with Crippen LogP contribution in [0.15, 0.2) is 0 Å². The molecule has 2 heteroatoms. The van der Waals surface area contributed by atoms with Crippen molar-refractivity contribution in [3.8, 4) is 0 Å². The maximum Gasteiger partial charge on any atom is 0.00749 e. The molecule has 1 unspecified atom stereocenters. The fraction of sp³-hybridized carbons (Fsp3) is 1.00. The summed E-state index contributed by atoms with van der Waals surface area (Å²) in [5, 5.41) is 3.68. The standard InChI is InChI=1S/C14H31NS/c1-4-6-7-8-9-10-14(11-13-16-3)15-12-5-2/h14-15H,4-13H2,1-3H3. The van der Waals surface area contributed by atoms with Crippen LogP contribution in [0.2, 0.25) is 0 Å². The minimum Gasteiger partial charge on any atom is -0.314 e. The van der Waals surface area contributed by atoms with Gasteiger partial charge in [0.15, 0.2) is 0 Å². The summed E-state index contributed by atoms with van der Waals surface area (Å²) in [6.45, 7) is 5.72. The highest BCUT2D eigenvalue weighted by Crippen LogP contribution is 2.11. The van der Waals surface area contributed by atoms with Gasteiger partial charge in [-0.1, -0.05) is 46.0 Å². The van der Waals surface area contributed by atoms with E-state index in [1.54, 1.807) is 0 Å². The normalized spacial score (nSPS) is 12.9. The van der Waals surface area contributed by atoms with Crippen LogP contribution in [0.1, 0.15) is 65.2 Å². The molecule has 16 heavy (non-hydrogen) atoms. The van der Waals surface area contributed by atoms with Crippen molar-refractivity contribution in [1.29, 1.82) is 0 Å². The average molecular weight is 245 g/mol. The lowest BCUT2D eigenvalue weighted by atomic mass is 10.0. The van der Waals surface area contributed by atoms with Crippen LogP contribution in [-0.2, 0) is 0 Å². The van der Waals surface area contributed by atoms with Gasteiger partial charge >= 0.3 is 0 Å². The molecule has 0 aromatic heterocycles. The number of hydrogen-bond acceptors (Lipinski definition) is 2. The Balaban J connectivity index is 3.48. The van der Waals surface area contributed by atoms with Crippen LogP contribution < -0.4 is 5.32 Å². The molecule has 1 atom stereocenters. The van der Waals surface area contributed by atoms with E-state index < -0.39 is 0 Å². The molecule has 0 aliphatic heterocycles. The summed E-state index contributed by atoms with van der Waals surface area (Å²) in [6.07, 6.45) is 13.2. The second-order valence-electron chi connectivity index (χ2n) is 4.64. The van der Waals surface area contributed by atoms with Crippen LogP contribution in [0.5, 0.6) is 0 Å². The summed E-state index contributed by atoms with van der Waals surface area (Å²) in [5.74, 6) is 1.30. The van der Waals surface area contributed by atoms with E-state index in [1.807, 2.05) is 11.8 Å². The smallest absolute Gasteiger partial charge is 0.00749 e. The van der Waals surface area contributed by atoms with E-state index in [4.69, 9.17) is 0 Å². The van der Waals surface area contributed by atoms with E-state index in [-0.39, 0.29) is 0 Å². The Morgan fingerprint density at radius 2 is 1.69 bits per heavy atom. The first-order chi connectivity index (χ1) is 7.85. The van der Waals surface area contributed by atoms with Gasteiger partial charge < -0.3 is 5.32 Å². The Kier molecular flexibility index (Phi) is 13.6. The van der Waals surface area contributed by atoms with Crippen molar-refractivity contribution >= 4 is 11.8 Å². The van der Waals surface area contributed by atoms with Crippen LogP contribution in [0, 0.1) is 0 Å². The molecule has 98 valence electrons. The summed E-state index contributed by atoms with van der Waals surface area (Å²) in [7, 11) is 0. The number of unbranched alkanes of at least 4 members (excludes halogenated alkanes) is 4. The van der Waals surface area contributed by atoms with Crippen molar-refractivity contribution in [2.24, 2.45) is 0 Å². The van der Waals surface area contributed by atoms with Gasteiger partial charge in [0, 0.05) is 6.04 Å². The molecule has 0 aromatic carbocycles. The van der Waals surface area contributed by atoms with E-state index in [1.165, 1.54) is 63.7 Å². The molecule has 0 fully saturated rings. The maximum absolute atomic E-state index is 3.68. The highest BCUT2D eigenvalue weighted by Gasteiger charge is 2.06. The largest absolute Gasteiger partial charge is 0.314 e. The van der Waals surface area contributed by atoms with Gasteiger partial charge in [-0.15, -0.1) is 0 Å². The van der Waals surface area contributed by atoms with Crippen molar-refractivity contribution in [3.63, 3.8) is 0 Å². The van der Waals surface area contributed by atoms with E-state index >= 15 is 0 Å². The average Bonchev–Trinajstić information content (AvgIpc) is 2.31. The van der Waals surface area contributed by atoms with Crippen LogP contribution in [0.25, 0.3) is 0 Å². The molecule has 1 nitrogen and oxygen atoms in total. The van der Waals surface area contributed by atoms with Crippen molar-refractivity contribution in [1.82, 2.24) is 5.32 Å². The SMILES string of the molecule is CCCCCCCC(CCSC)NCCC. The highest BCUT2D eigenvalue weighted by molar-refractivity contribution is 7.98. The zero-order chi connectivity index (χ0) is 12.1. The Morgan fingerprint density at radius 3 is 2.31 bits per heavy atom. The molecule has 0 aliphatic rings. The Labute approximate surface area is 107 Å². The van der Waals surface area contributed by atoms with Crippen molar-refractivity contribution in [2.45, 2.75) is 71.3 Å².